The van der Waals surface area contributed by atoms with E-state index in [1.165, 1.54) is 18.4 Å². The quantitative estimate of drug-likeness (QED) is 0.576. The van der Waals surface area contributed by atoms with Gasteiger partial charge in [-0.25, -0.2) is 0 Å². The Morgan fingerprint density at radius 1 is 1.22 bits per heavy atom. The standard InChI is InChI=1S/C23H37NO2S/c1-15-13-16-14-17(27(26)12-4-11-24)7-9-22(16,2)19-8-10-23(3)18(21(15)19)5-6-20(23)25/h16-19,21H,1,4-14,24H2,2-3H3/t16?,17-,18-,19-,21-,22-,23-,27?/m0/s1. The Balaban J connectivity index is 1.54. The van der Waals surface area contributed by atoms with Crippen LogP contribution in [0.1, 0.15) is 71.6 Å². The molecule has 4 rings (SSSR count). The number of allylic oxidation sites excluding steroid dienone is 1. The summed E-state index contributed by atoms with van der Waals surface area (Å²) in [6.07, 6.45) is 9.44. The maximum Gasteiger partial charge on any atom is 0.139 e. The molecule has 0 aromatic heterocycles. The summed E-state index contributed by atoms with van der Waals surface area (Å²) in [5.74, 6) is 3.62. The molecule has 0 aromatic rings. The van der Waals surface area contributed by atoms with Gasteiger partial charge in [-0.1, -0.05) is 37.2 Å². The molecule has 2 N–H and O–H groups in total. The molecule has 4 fully saturated rings. The van der Waals surface area contributed by atoms with Crippen LogP contribution in [-0.4, -0.2) is 27.9 Å². The highest BCUT2D eigenvalue weighted by atomic mass is 32.2. The van der Waals surface area contributed by atoms with Gasteiger partial charge in [-0.3, -0.25) is 4.79 Å². The van der Waals surface area contributed by atoms with E-state index in [-0.39, 0.29) is 5.41 Å². The van der Waals surface area contributed by atoms with Crippen LogP contribution in [-0.2, 0) is 16.0 Å². The number of carbonyl (C=O) groups excluding carboxylic acids is 1. The lowest BCUT2D eigenvalue weighted by molar-refractivity contribution is -0.134. The third-order valence-electron chi connectivity index (χ3n) is 9.21. The van der Waals surface area contributed by atoms with Crippen molar-refractivity contribution in [1.82, 2.24) is 0 Å². The normalized spacial score (nSPS) is 47.9. The maximum absolute atomic E-state index is 12.7. The van der Waals surface area contributed by atoms with Crippen LogP contribution in [0.5, 0.6) is 0 Å². The monoisotopic (exact) mass is 391 g/mol. The number of Topliss-reactive ketones (excluding diaryl/α,β-unsaturated/α-hetero) is 1. The van der Waals surface area contributed by atoms with Crippen molar-refractivity contribution in [2.24, 2.45) is 40.2 Å². The predicted molar refractivity (Wildman–Crippen MR) is 112 cm³/mol. The summed E-state index contributed by atoms with van der Waals surface area (Å²) in [7, 11) is 0. The second kappa shape index (κ2) is 7.18. The summed E-state index contributed by atoms with van der Waals surface area (Å²) in [4.78, 5) is 12.6. The molecule has 152 valence electrons. The van der Waals surface area contributed by atoms with Crippen molar-refractivity contribution >= 4 is 17.0 Å². The minimum Gasteiger partial charge on any atom is -0.616 e. The number of hydrogen-bond acceptors (Lipinski definition) is 3. The van der Waals surface area contributed by atoms with E-state index in [0.717, 1.165) is 50.7 Å². The molecule has 8 atom stereocenters. The second-order valence-corrected chi connectivity index (χ2v) is 12.2. The van der Waals surface area contributed by atoms with Gasteiger partial charge in [0.15, 0.2) is 0 Å². The van der Waals surface area contributed by atoms with Crippen LogP contribution in [0.3, 0.4) is 0 Å². The summed E-state index contributed by atoms with van der Waals surface area (Å²) in [6.45, 7) is 9.94. The number of ketones is 1. The number of carbonyl (C=O) groups is 1. The molecule has 0 aromatic carbocycles. The molecule has 2 unspecified atom stereocenters. The Morgan fingerprint density at radius 2 is 2.00 bits per heavy atom. The third kappa shape index (κ3) is 3.05. The smallest absolute Gasteiger partial charge is 0.139 e. The Labute approximate surface area is 168 Å². The zero-order valence-electron chi connectivity index (χ0n) is 17.2. The van der Waals surface area contributed by atoms with E-state index in [0.29, 0.717) is 46.7 Å². The Hall–Kier alpha value is -0.320. The molecule has 4 aliphatic carbocycles. The molecule has 0 saturated heterocycles. The topological polar surface area (TPSA) is 66.2 Å². The molecule has 4 aliphatic rings. The van der Waals surface area contributed by atoms with Crippen LogP contribution in [0.25, 0.3) is 0 Å². The van der Waals surface area contributed by atoms with Gasteiger partial charge in [-0.05, 0) is 80.6 Å². The molecule has 0 bridgehead atoms. The van der Waals surface area contributed by atoms with Crippen LogP contribution >= 0.6 is 0 Å². The number of nitrogens with two attached hydrogens (primary N) is 1. The summed E-state index contributed by atoms with van der Waals surface area (Å²) >= 11 is -0.731. The third-order valence-corrected chi connectivity index (χ3v) is 11.1. The van der Waals surface area contributed by atoms with E-state index < -0.39 is 11.2 Å². The molecule has 0 radical (unpaired) electrons. The van der Waals surface area contributed by atoms with Crippen molar-refractivity contribution in [3.05, 3.63) is 12.2 Å². The molecule has 3 nitrogen and oxygen atoms in total. The fraction of sp³-hybridized carbons (Fsp3) is 0.870. The Kier molecular flexibility index (Phi) is 5.31. The first-order chi connectivity index (χ1) is 12.8. The predicted octanol–water partition coefficient (Wildman–Crippen LogP) is 4.23. The lowest BCUT2D eigenvalue weighted by Gasteiger charge is -2.60. The summed E-state index contributed by atoms with van der Waals surface area (Å²) in [6, 6.07) is 0. The van der Waals surface area contributed by atoms with Crippen molar-refractivity contribution < 1.29 is 9.35 Å². The molecule has 0 amide bonds. The average Bonchev–Trinajstić information content (AvgIpc) is 2.95. The molecule has 0 aliphatic heterocycles. The molecule has 27 heavy (non-hydrogen) atoms. The Morgan fingerprint density at radius 3 is 2.74 bits per heavy atom. The van der Waals surface area contributed by atoms with Gasteiger partial charge in [0.05, 0.1) is 0 Å². The first-order valence-corrected chi connectivity index (χ1v) is 12.5. The van der Waals surface area contributed by atoms with Crippen molar-refractivity contribution in [3.8, 4) is 0 Å². The van der Waals surface area contributed by atoms with E-state index in [4.69, 9.17) is 5.73 Å². The highest BCUT2D eigenvalue weighted by Crippen LogP contribution is 2.66. The van der Waals surface area contributed by atoms with E-state index in [1.807, 2.05) is 0 Å². The van der Waals surface area contributed by atoms with Gasteiger partial charge in [0, 0.05) is 18.3 Å². The van der Waals surface area contributed by atoms with Crippen LogP contribution in [0.2, 0.25) is 0 Å². The van der Waals surface area contributed by atoms with E-state index in [2.05, 4.69) is 20.4 Å². The second-order valence-electron chi connectivity index (χ2n) is 10.3. The van der Waals surface area contributed by atoms with Crippen LogP contribution in [0.15, 0.2) is 12.2 Å². The van der Waals surface area contributed by atoms with E-state index >= 15 is 0 Å². The molecular weight excluding hydrogens is 354 g/mol. The van der Waals surface area contributed by atoms with Gasteiger partial charge < -0.3 is 10.3 Å². The molecule has 0 heterocycles. The largest absolute Gasteiger partial charge is 0.616 e. The van der Waals surface area contributed by atoms with Gasteiger partial charge in [-0.2, -0.15) is 0 Å². The zero-order valence-corrected chi connectivity index (χ0v) is 18.0. The molecule has 4 saturated carbocycles. The lowest BCUT2D eigenvalue weighted by atomic mass is 9.44. The highest BCUT2D eigenvalue weighted by molar-refractivity contribution is 7.92. The van der Waals surface area contributed by atoms with E-state index in [1.54, 1.807) is 0 Å². The van der Waals surface area contributed by atoms with Crippen molar-refractivity contribution in [2.75, 3.05) is 12.3 Å². The number of fused-ring (bicyclic) bond motifs is 5. The summed E-state index contributed by atoms with van der Waals surface area (Å²) in [5.41, 5.74) is 7.27. The fourth-order valence-corrected chi connectivity index (χ4v) is 9.10. The Bertz CT molecular complexity index is 621. The number of rotatable bonds is 4. The SMILES string of the molecule is C=C1CC2C[C@@H]([S+]([O-])CCCN)CC[C@]2(C)[C@H]2CC[C@]3(C)C(=O)CC[C@H]3[C@H]12. The van der Waals surface area contributed by atoms with Crippen LogP contribution in [0.4, 0.5) is 0 Å². The van der Waals surface area contributed by atoms with Crippen molar-refractivity contribution in [1.29, 1.82) is 0 Å². The number of hydrogen-bond donors (Lipinski definition) is 1. The first-order valence-electron chi connectivity index (χ1n) is 11.1. The van der Waals surface area contributed by atoms with Crippen LogP contribution in [0, 0.1) is 34.5 Å². The minimum absolute atomic E-state index is 0.0891. The van der Waals surface area contributed by atoms with E-state index in [9.17, 15) is 9.35 Å². The zero-order chi connectivity index (χ0) is 19.4. The maximum atomic E-state index is 12.7. The first kappa shape index (κ1) is 20.0. The summed E-state index contributed by atoms with van der Waals surface area (Å²) in [5, 5.41) is 0.348. The van der Waals surface area contributed by atoms with Gasteiger partial charge in [0.1, 0.15) is 16.8 Å². The van der Waals surface area contributed by atoms with Crippen molar-refractivity contribution in [3.63, 3.8) is 0 Å². The van der Waals surface area contributed by atoms with Crippen LogP contribution < -0.4 is 5.73 Å². The minimum atomic E-state index is -0.731. The van der Waals surface area contributed by atoms with Gasteiger partial charge in [0.2, 0.25) is 0 Å². The summed E-state index contributed by atoms with van der Waals surface area (Å²) < 4.78 is 12.7. The molecular formula is C23H37NO2S. The van der Waals surface area contributed by atoms with Gasteiger partial charge in [0.25, 0.3) is 0 Å². The average molecular weight is 392 g/mol. The fourth-order valence-electron chi connectivity index (χ4n) is 7.49. The van der Waals surface area contributed by atoms with Gasteiger partial charge >= 0.3 is 0 Å². The van der Waals surface area contributed by atoms with Gasteiger partial charge in [-0.15, -0.1) is 0 Å². The molecule has 4 heteroatoms. The lowest BCUT2D eigenvalue weighted by Crippen LogP contribution is -2.55. The van der Waals surface area contributed by atoms with Crippen molar-refractivity contribution in [2.45, 2.75) is 76.9 Å². The highest BCUT2D eigenvalue weighted by Gasteiger charge is 2.61. The molecule has 0 spiro atoms.